The first-order chi connectivity index (χ1) is 6.04. The van der Waals surface area contributed by atoms with Crippen LogP contribution in [0.25, 0.3) is 0 Å². The Bertz CT molecular complexity index is 299. The zero-order valence-corrected chi connectivity index (χ0v) is 9.64. The molecule has 2 atom stereocenters. The molecule has 0 heterocycles. The van der Waals surface area contributed by atoms with Gasteiger partial charge in [0.2, 0.25) is 0 Å². The highest BCUT2D eigenvalue weighted by atomic mass is 35.5. The molecular formula is C11H18ClNO. The molecule has 3 N–H and O–H groups in total. The van der Waals surface area contributed by atoms with Gasteiger partial charge in [0.15, 0.2) is 0 Å². The molecule has 0 bridgehead atoms. The highest BCUT2D eigenvalue weighted by Crippen LogP contribution is 2.20. The Labute approximate surface area is 91.5 Å². The number of hydrogen-bond acceptors (Lipinski definition) is 2. The molecule has 0 aliphatic carbocycles. The van der Waals surface area contributed by atoms with Crippen molar-refractivity contribution < 1.29 is 5.11 Å². The summed E-state index contributed by atoms with van der Waals surface area (Å²) in [4.78, 5) is 0. The summed E-state index contributed by atoms with van der Waals surface area (Å²) >= 11 is 0. The molecule has 0 aromatic heterocycles. The highest BCUT2D eigenvalue weighted by Gasteiger charge is 2.14. The Morgan fingerprint density at radius 1 is 1.29 bits per heavy atom. The molecule has 1 aromatic carbocycles. The van der Waals surface area contributed by atoms with Crippen molar-refractivity contribution in [2.45, 2.75) is 32.9 Å². The van der Waals surface area contributed by atoms with Crippen LogP contribution >= 0.6 is 12.4 Å². The number of nitrogens with two attached hydrogens (primary N) is 1. The van der Waals surface area contributed by atoms with Crippen molar-refractivity contribution in [3.63, 3.8) is 0 Å². The van der Waals surface area contributed by atoms with E-state index >= 15 is 0 Å². The Morgan fingerprint density at radius 2 is 1.86 bits per heavy atom. The van der Waals surface area contributed by atoms with Gasteiger partial charge in [-0.1, -0.05) is 18.2 Å². The van der Waals surface area contributed by atoms with Crippen molar-refractivity contribution in [3.05, 3.63) is 34.9 Å². The van der Waals surface area contributed by atoms with E-state index < -0.39 is 6.10 Å². The van der Waals surface area contributed by atoms with Crippen molar-refractivity contribution >= 4 is 12.4 Å². The maximum atomic E-state index is 9.36. The molecule has 80 valence electrons. The van der Waals surface area contributed by atoms with Gasteiger partial charge < -0.3 is 10.8 Å². The van der Waals surface area contributed by atoms with Crippen LogP contribution in [0.3, 0.4) is 0 Å². The van der Waals surface area contributed by atoms with Gasteiger partial charge >= 0.3 is 0 Å². The Morgan fingerprint density at radius 3 is 2.36 bits per heavy atom. The van der Waals surface area contributed by atoms with E-state index in [0.29, 0.717) is 0 Å². The van der Waals surface area contributed by atoms with Crippen LogP contribution in [0.15, 0.2) is 18.2 Å². The van der Waals surface area contributed by atoms with Gasteiger partial charge in [0.1, 0.15) is 0 Å². The molecule has 1 rings (SSSR count). The van der Waals surface area contributed by atoms with Gasteiger partial charge in [0.25, 0.3) is 0 Å². The lowest BCUT2D eigenvalue weighted by molar-refractivity contribution is 0.164. The van der Waals surface area contributed by atoms with Crippen molar-refractivity contribution in [1.29, 1.82) is 0 Å². The molecule has 2 nitrogen and oxygen atoms in total. The van der Waals surface area contributed by atoms with E-state index in [1.165, 1.54) is 11.1 Å². The minimum absolute atomic E-state index is 0. The average Bonchev–Trinajstić information content (AvgIpc) is 2.08. The zero-order valence-electron chi connectivity index (χ0n) is 8.82. The lowest BCUT2D eigenvalue weighted by Gasteiger charge is -2.18. The lowest BCUT2D eigenvalue weighted by atomic mass is 9.95. The van der Waals surface area contributed by atoms with E-state index in [1.54, 1.807) is 6.92 Å². The van der Waals surface area contributed by atoms with Gasteiger partial charge in [-0.15, -0.1) is 12.4 Å². The molecule has 3 heteroatoms. The SMILES string of the molecule is Cc1cccc([C@H](N)[C@@H](C)O)c1C.Cl. The number of aryl methyl sites for hydroxylation is 1. The van der Waals surface area contributed by atoms with Crippen LogP contribution in [0, 0.1) is 13.8 Å². The summed E-state index contributed by atoms with van der Waals surface area (Å²) in [5.41, 5.74) is 9.29. The van der Waals surface area contributed by atoms with E-state index in [0.717, 1.165) is 5.56 Å². The first-order valence-corrected chi connectivity index (χ1v) is 4.53. The summed E-state index contributed by atoms with van der Waals surface area (Å²) in [5.74, 6) is 0. The van der Waals surface area contributed by atoms with Crippen LogP contribution in [0.4, 0.5) is 0 Å². The summed E-state index contributed by atoms with van der Waals surface area (Å²) in [7, 11) is 0. The van der Waals surface area contributed by atoms with Crippen LogP contribution in [-0.2, 0) is 0 Å². The molecule has 0 amide bonds. The summed E-state index contributed by atoms with van der Waals surface area (Å²) in [6.45, 7) is 5.80. The van der Waals surface area contributed by atoms with E-state index in [2.05, 4.69) is 0 Å². The molecule has 0 saturated carbocycles. The Hall–Kier alpha value is -0.570. The second-order valence-corrected chi connectivity index (χ2v) is 3.56. The zero-order chi connectivity index (χ0) is 10.0. The quantitative estimate of drug-likeness (QED) is 0.794. The number of rotatable bonds is 2. The first-order valence-electron chi connectivity index (χ1n) is 4.53. The smallest absolute Gasteiger partial charge is 0.0704 e. The van der Waals surface area contributed by atoms with Crippen molar-refractivity contribution in [2.24, 2.45) is 5.73 Å². The summed E-state index contributed by atoms with van der Waals surface area (Å²) in [5, 5.41) is 9.36. The molecular weight excluding hydrogens is 198 g/mol. The first kappa shape index (κ1) is 13.4. The number of aliphatic hydroxyl groups excluding tert-OH is 1. The van der Waals surface area contributed by atoms with E-state index in [1.807, 2.05) is 32.0 Å². The number of benzene rings is 1. The fraction of sp³-hybridized carbons (Fsp3) is 0.455. The summed E-state index contributed by atoms with van der Waals surface area (Å²) in [6, 6.07) is 5.72. The third-order valence-corrected chi connectivity index (χ3v) is 2.53. The number of aliphatic hydroxyl groups is 1. The molecule has 0 spiro atoms. The van der Waals surface area contributed by atoms with Crippen LogP contribution in [0.2, 0.25) is 0 Å². The van der Waals surface area contributed by atoms with Gasteiger partial charge in [-0.2, -0.15) is 0 Å². The van der Waals surface area contributed by atoms with Crippen molar-refractivity contribution in [1.82, 2.24) is 0 Å². The van der Waals surface area contributed by atoms with Gasteiger partial charge in [0.05, 0.1) is 12.1 Å². The topological polar surface area (TPSA) is 46.2 Å². The molecule has 14 heavy (non-hydrogen) atoms. The second kappa shape index (κ2) is 5.35. The van der Waals surface area contributed by atoms with Crippen molar-refractivity contribution in [3.8, 4) is 0 Å². The van der Waals surface area contributed by atoms with Gasteiger partial charge in [-0.3, -0.25) is 0 Å². The predicted octanol–water partition coefficient (Wildman–Crippen LogP) is 2.11. The molecule has 0 aliphatic heterocycles. The van der Waals surface area contributed by atoms with Crippen molar-refractivity contribution in [2.75, 3.05) is 0 Å². The van der Waals surface area contributed by atoms with Crippen LogP contribution in [0.5, 0.6) is 0 Å². The predicted molar refractivity (Wildman–Crippen MR) is 61.8 cm³/mol. The normalized spacial score (nSPS) is 14.4. The summed E-state index contributed by atoms with van der Waals surface area (Å²) in [6.07, 6.45) is -0.500. The number of hydrogen-bond donors (Lipinski definition) is 2. The van der Waals surface area contributed by atoms with Gasteiger partial charge in [0, 0.05) is 0 Å². The molecule has 1 aromatic rings. The van der Waals surface area contributed by atoms with Crippen LogP contribution in [-0.4, -0.2) is 11.2 Å². The standard InChI is InChI=1S/C11H17NO.ClH/c1-7-5-4-6-10(8(7)2)11(12)9(3)13;/h4-6,9,11,13H,12H2,1-3H3;1H/t9-,11-;/m1./s1. The highest BCUT2D eigenvalue weighted by molar-refractivity contribution is 5.85. The molecule has 0 fully saturated rings. The Balaban J connectivity index is 0.00000169. The molecule has 0 radical (unpaired) electrons. The van der Waals surface area contributed by atoms with E-state index in [4.69, 9.17) is 5.73 Å². The average molecular weight is 216 g/mol. The Kier molecular flexibility index (Phi) is 5.13. The molecule has 0 unspecified atom stereocenters. The number of halogens is 1. The fourth-order valence-corrected chi connectivity index (χ4v) is 1.39. The van der Waals surface area contributed by atoms with Crippen LogP contribution in [0.1, 0.15) is 29.7 Å². The second-order valence-electron chi connectivity index (χ2n) is 3.56. The maximum Gasteiger partial charge on any atom is 0.0704 e. The van der Waals surface area contributed by atoms with E-state index in [-0.39, 0.29) is 18.4 Å². The van der Waals surface area contributed by atoms with E-state index in [9.17, 15) is 5.11 Å². The lowest BCUT2D eigenvalue weighted by Crippen LogP contribution is -2.24. The fourth-order valence-electron chi connectivity index (χ4n) is 1.39. The van der Waals surface area contributed by atoms with Gasteiger partial charge in [-0.25, -0.2) is 0 Å². The largest absolute Gasteiger partial charge is 0.391 e. The molecule has 0 saturated heterocycles. The molecule has 0 aliphatic rings. The minimum Gasteiger partial charge on any atom is -0.391 e. The third kappa shape index (κ3) is 2.71. The third-order valence-electron chi connectivity index (χ3n) is 2.53. The monoisotopic (exact) mass is 215 g/mol. The maximum absolute atomic E-state index is 9.36. The van der Waals surface area contributed by atoms with Crippen LogP contribution < -0.4 is 5.73 Å². The van der Waals surface area contributed by atoms with Gasteiger partial charge in [-0.05, 0) is 37.5 Å². The minimum atomic E-state index is -0.500. The summed E-state index contributed by atoms with van der Waals surface area (Å²) < 4.78 is 0.